The summed E-state index contributed by atoms with van der Waals surface area (Å²) in [6.07, 6.45) is 1.29. The van der Waals surface area contributed by atoms with Gasteiger partial charge in [0.1, 0.15) is 0 Å². The van der Waals surface area contributed by atoms with E-state index in [-0.39, 0.29) is 0 Å². The molecule has 9 heavy (non-hydrogen) atoms. The molecule has 0 fully saturated rings. The Hall–Kier alpha value is -0.130. The summed E-state index contributed by atoms with van der Waals surface area (Å²) >= 11 is 0. The fourth-order valence-electron chi connectivity index (χ4n) is 0.880. The minimum Gasteiger partial charge on any atom is -0.0624 e. The summed E-state index contributed by atoms with van der Waals surface area (Å²) in [4.78, 5) is 0. The van der Waals surface area contributed by atoms with E-state index in [0.29, 0.717) is 0 Å². The Morgan fingerprint density at radius 3 is 1.67 bits per heavy atom. The van der Waals surface area contributed by atoms with E-state index in [1.54, 1.807) is 5.92 Å². The molecule has 0 rings (SSSR count). The SMILES string of the molecule is C[C+](C)CC(C)C(C)C. The van der Waals surface area contributed by atoms with E-state index in [1.165, 1.54) is 6.42 Å². The highest BCUT2D eigenvalue weighted by Gasteiger charge is 2.14. The molecule has 0 amide bonds. The highest BCUT2D eigenvalue weighted by molar-refractivity contribution is 4.79. The van der Waals surface area contributed by atoms with Crippen LogP contribution in [0.1, 0.15) is 41.0 Å². The molecule has 0 saturated heterocycles. The van der Waals surface area contributed by atoms with Crippen LogP contribution in [0.15, 0.2) is 0 Å². The van der Waals surface area contributed by atoms with Gasteiger partial charge in [0, 0.05) is 0 Å². The van der Waals surface area contributed by atoms with Gasteiger partial charge in [0.15, 0.2) is 0 Å². The Bertz CT molecular complexity index is 62.4. The van der Waals surface area contributed by atoms with E-state index >= 15 is 0 Å². The Balaban J connectivity index is 3.38. The zero-order valence-corrected chi connectivity index (χ0v) is 7.36. The van der Waals surface area contributed by atoms with Crippen LogP contribution in [0.2, 0.25) is 0 Å². The molecule has 0 N–H and O–H groups in total. The van der Waals surface area contributed by atoms with Crippen molar-refractivity contribution in [3.8, 4) is 0 Å². The minimum absolute atomic E-state index is 0.833. The zero-order valence-electron chi connectivity index (χ0n) is 7.36. The van der Waals surface area contributed by atoms with Gasteiger partial charge in [-0.25, -0.2) is 0 Å². The maximum Gasteiger partial charge on any atom is 0.0922 e. The van der Waals surface area contributed by atoms with Crippen molar-refractivity contribution < 1.29 is 0 Å². The molecule has 1 unspecified atom stereocenters. The molecule has 0 spiro atoms. The van der Waals surface area contributed by atoms with Crippen LogP contribution >= 0.6 is 0 Å². The topological polar surface area (TPSA) is 0 Å². The van der Waals surface area contributed by atoms with Crippen molar-refractivity contribution in [2.24, 2.45) is 11.8 Å². The van der Waals surface area contributed by atoms with Gasteiger partial charge in [0.05, 0.1) is 26.2 Å². The molecule has 54 valence electrons. The van der Waals surface area contributed by atoms with Gasteiger partial charge in [-0.3, -0.25) is 0 Å². The predicted octanol–water partition coefficient (Wildman–Crippen LogP) is 3.28. The largest absolute Gasteiger partial charge is 0.0922 e. The van der Waals surface area contributed by atoms with Crippen LogP contribution < -0.4 is 0 Å². The van der Waals surface area contributed by atoms with Gasteiger partial charge < -0.3 is 0 Å². The predicted molar refractivity (Wildman–Crippen MR) is 43.2 cm³/mol. The zero-order chi connectivity index (χ0) is 7.44. The molecule has 0 aromatic heterocycles. The van der Waals surface area contributed by atoms with Gasteiger partial charge >= 0.3 is 0 Å². The van der Waals surface area contributed by atoms with Crippen LogP contribution in [0.5, 0.6) is 0 Å². The van der Waals surface area contributed by atoms with E-state index in [0.717, 1.165) is 11.8 Å². The van der Waals surface area contributed by atoms with Crippen LogP contribution in [0.25, 0.3) is 0 Å². The smallest absolute Gasteiger partial charge is 0.0624 e. The fraction of sp³-hybridized carbons (Fsp3) is 0.889. The lowest BCUT2D eigenvalue weighted by atomic mass is 9.90. The van der Waals surface area contributed by atoms with E-state index < -0.39 is 0 Å². The minimum atomic E-state index is 0.833. The van der Waals surface area contributed by atoms with Crippen LogP contribution in [0.3, 0.4) is 0 Å². The maximum absolute atomic E-state index is 2.32. The third-order valence-electron chi connectivity index (χ3n) is 1.87. The Labute approximate surface area is 59.7 Å². The van der Waals surface area contributed by atoms with E-state index in [4.69, 9.17) is 0 Å². The second-order valence-electron chi connectivity index (χ2n) is 3.63. The number of rotatable bonds is 3. The summed E-state index contributed by atoms with van der Waals surface area (Å²) in [5.41, 5.74) is 0. The Kier molecular flexibility index (Phi) is 3.76. The van der Waals surface area contributed by atoms with Crippen molar-refractivity contribution in [1.82, 2.24) is 0 Å². The van der Waals surface area contributed by atoms with Crippen molar-refractivity contribution in [2.45, 2.75) is 41.0 Å². The molecule has 0 aromatic rings. The van der Waals surface area contributed by atoms with Gasteiger partial charge in [0.2, 0.25) is 0 Å². The second-order valence-corrected chi connectivity index (χ2v) is 3.63. The Morgan fingerprint density at radius 1 is 1.11 bits per heavy atom. The van der Waals surface area contributed by atoms with Gasteiger partial charge in [-0.05, 0) is 11.8 Å². The molecule has 1 atom stereocenters. The van der Waals surface area contributed by atoms with Crippen LogP contribution in [0, 0.1) is 17.8 Å². The molecule has 0 bridgehead atoms. The molecule has 0 heteroatoms. The van der Waals surface area contributed by atoms with Crippen molar-refractivity contribution in [3.63, 3.8) is 0 Å². The summed E-state index contributed by atoms with van der Waals surface area (Å²) < 4.78 is 0. The average molecular weight is 127 g/mol. The van der Waals surface area contributed by atoms with Crippen molar-refractivity contribution in [3.05, 3.63) is 5.92 Å². The van der Waals surface area contributed by atoms with Crippen LogP contribution in [-0.4, -0.2) is 0 Å². The van der Waals surface area contributed by atoms with E-state index in [2.05, 4.69) is 34.6 Å². The quantitative estimate of drug-likeness (QED) is 0.510. The monoisotopic (exact) mass is 127 g/mol. The van der Waals surface area contributed by atoms with Gasteiger partial charge in [-0.1, -0.05) is 20.8 Å². The van der Waals surface area contributed by atoms with Gasteiger partial charge in [-0.15, -0.1) is 0 Å². The number of hydrogen-bond acceptors (Lipinski definition) is 0. The lowest BCUT2D eigenvalue weighted by Gasteiger charge is -2.11. The lowest BCUT2D eigenvalue weighted by Crippen LogP contribution is -2.05. The van der Waals surface area contributed by atoms with Crippen LogP contribution in [-0.2, 0) is 0 Å². The molecule has 0 heterocycles. The first-order chi connectivity index (χ1) is 4.04. The van der Waals surface area contributed by atoms with E-state index in [9.17, 15) is 0 Å². The molecule has 0 aliphatic rings. The molecular weight excluding hydrogens is 108 g/mol. The Morgan fingerprint density at radius 2 is 1.56 bits per heavy atom. The molecule has 0 radical (unpaired) electrons. The summed E-state index contributed by atoms with van der Waals surface area (Å²) in [6, 6.07) is 0. The maximum atomic E-state index is 2.32. The van der Waals surface area contributed by atoms with Crippen LogP contribution in [0.4, 0.5) is 0 Å². The first-order valence-corrected chi connectivity index (χ1v) is 3.83. The van der Waals surface area contributed by atoms with Crippen molar-refractivity contribution in [2.75, 3.05) is 0 Å². The van der Waals surface area contributed by atoms with E-state index in [1.807, 2.05) is 0 Å². The average Bonchev–Trinajstić information content (AvgIpc) is 1.63. The summed E-state index contributed by atoms with van der Waals surface area (Å²) in [5.74, 6) is 3.24. The molecule has 0 nitrogen and oxygen atoms in total. The molecule has 0 aliphatic carbocycles. The molecule has 0 aliphatic heterocycles. The molecular formula is C9H19+. The summed E-state index contributed by atoms with van der Waals surface area (Å²) in [6.45, 7) is 11.3. The first-order valence-electron chi connectivity index (χ1n) is 3.83. The summed E-state index contributed by atoms with van der Waals surface area (Å²) in [7, 11) is 0. The lowest BCUT2D eigenvalue weighted by molar-refractivity contribution is 0.400. The highest BCUT2D eigenvalue weighted by Crippen LogP contribution is 2.19. The molecule has 0 aromatic carbocycles. The highest BCUT2D eigenvalue weighted by atomic mass is 14.1. The fourth-order valence-corrected chi connectivity index (χ4v) is 0.880. The second kappa shape index (κ2) is 3.81. The normalized spacial score (nSPS) is 14.0. The third kappa shape index (κ3) is 4.38. The standard InChI is InChI=1S/C9H19/c1-7(2)6-9(5)8(3)4/h8-9H,6H2,1-5H3/q+1. The van der Waals surface area contributed by atoms with Gasteiger partial charge in [-0.2, -0.15) is 0 Å². The van der Waals surface area contributed by atoms with Crippen molar-refractivity contribution in [1.29, 1.82) is 0 Å². The summed E-state index contributed by atoms with van der Waals surface area (Å²) in [5, 5.41) is 0. The first kappa shape index (κ1) is 8.87. The third-order valence-corrected chi connectivity index (χ3v) is 1.87. The molecule has 0 saturated carbocycles. The number of hydrogen-bond donors (Lipinski definition) is 0. The van der Waals surface area contributed by atoms with Gasteiger partial charge in [0.25, 0.3) is 0 Å². The van der Waals surface area contributed by atoms with Crippen molar-refractivity contribution >= 4 is 0 Å².